The maximum atomic E-state index is 8.43. The van der Waals surface area contributed by atoms with Crippen LogP contribution in [0.4, 0.5) is 0 Å². The second kappa shape index (κ2) is 15.6. The molecule has 53 heavy (non-hydrogen) atoms. The average molecular weight is 933 g/mol. The first kappa shape index (κ1) is 37.0. The van der Waals surface area contributed by atoms with E-state index in [1.807, 2.05) is 44.2 Å². The van der Waals surface area contributed by atoms with Crippen LogP contribution in [-0.4, -0.2) is 23.2 Å². The first-order valence-corrected chi connectivity index (χ1v) is 25.3. The molecule has 0 atom stereocenters. The van der Waals surface area contributed by atoms with Crippen LogP contribution < -0.4 is 4.40 Å². The molecule has 5 heteroatoms. The molecule has 0 saturated carbocycles. The molecule has 3 aromatic heterocycles. The summed E-state index contributed by atoms with van der Waals surface area (Å²) in [6.45, 7) is 12.4. The Hall–Kier alpha value is -4.35. The molecule has 3 heterocycles. The number of aryl methyl sites for hydroxylation is 4. The van der Waals surface area contributed by atoms with Crippen LogP contribution in [0, 0.1) is 39.8 Å². The zero-order valence-corrected chi connectivity index (χ0v) is 36.5. The molecule has 3 nitrogen and oxygen atoms in total. The quantitative estimate of drug-likeness (QED) is 0.127. The SMILES string of the molecule is Cc1cc(-c2[c-]cc3ccccc3c2)nc[c]1[Ge]([CH3])([CH3])[CH3].[2H]C(C)(C)c1ccnc(-c2[c-]cc(-c3c(C)cc(C)cc3C)c3c2oc2ccccc23)c1.[Ir]. The Labute approximate surface area is 332 Å². The summed E-state index contributed by atoms with van der Waals surface area (Å²) >= 11 is -1.82. The van der Waals surface area contributed by atoms with Crippen molar-refractivity contribution in [2.75, 3.05) is 0 Å². The van der Waals surface area contributed by atoms with E-state index in [1.165, 1.54) is 43.0 Å². The monoisotopic (exact) mass is 934 g/mol. The minimum absolute atomic E-state index is 0. The predicted molar refractivity (Wildman–Crippen MR) is 223 cm³/mol. The van der Waals surface area contributed by atoms with Crippen LogP contribution in [0.25, 0.3) is 66.4 Å². The molecule has 269 valence electrons. The van der Waals surface area contributed by atoms with E-state index in [-0.39, 0.29) is 20.1 Å². The Morgan fingerprint density at radius 2 is 1.43 bits per heavy atom. The van der Waals surface area contributed by atoms with E-state index in [0.29, 0.717) is 0 Å². The van der Waals surface area contributed by atoms with E-state index in [2.05, 4.69) is 135 Å². The fraction of sp³-hybridized carbons (Fsp3) is 0.208. The van der Waals surface area contributed by atoms with Crippen LogP contribution in [0.1, 0.15) is 48.9 Å². The molecular weight excluding hydrogens is 885 g/mol. The number of rotatable bonds is 5. The summed E-state index contributed by atoms with van der Waals surface area (Å²) in [5.41, 5.74) is 13.7. The molecule has 0 spiro atoms. The fourth-order valence-corrected chi connectivity index (χ4v) is 11.0. The summed E-state index contributed by atoms with van der Waals surface area (Å²) in [5.74, 6) is 6.52. The fourth-order valence-electron chi connectivity index (χ4n) is 7.40. The summed E-state index contributed by atoms with van der Waals surface area (Å²) in [7, 11) is 0. The van der Waals surface area contributed by atoms with E-state index in [1.54, 1.807) is 6.20 Å². The van der Waals surface area contributed by atoms with Gasteiger partial charge in [-0.2, -0.15) is 0 Å². The van der Waals surface area contributed by atoms with Gasteiger partial charge in [-0.3, -0.25) is 0 Å². The summed E-state index contributed by atoms with van der Waals surface area (Å²) in [6.07, 6.45) is 3.86. The molecule has 0 aliphatic carbocycles. The largest absolute Gasteiger partial charge is 0.501 e. The smallest absolute Gasteiger partial charge is 0.120 e. The third-order valence-electron chi connectivity index (χ3n) is 9.87. The molecule has 0 saturated heterocycles. The summed E-state index contributed by atoms with van der Waals surface area (Å²) in [6, 6.07) is 40.3. The third-order valence-corrected chi connectivity index (χ3v) is 14.4. The van der Waals surface area contributed by atoms with Crippen molar-refractivity contribution in [3.8, 4) is 33.6 Å². The van der Waals surface area contributed by atoms with Gasteiger partial charge in [0.15, 0.2) is 0 Å². The Morgan fingerprint density at radius 1 is 0.736 bits per heavy atom. The zero-order valence-electron chi connectivity index (χ0n) is 33.0. The molecule has 1 radical (unpaired) electrons. The molecule has 0 bridgehead atoms. The molecule has 0 amide bonds. The van der Waals surface area contributed by atoms with Gasteiger partial charge in [-0.05, 0) is 49.9 Å². The number of hydrogen-bond donors (Lipinski definition) is 0. The van der Waals surface area contributed by atoms with Gasteiger partial charge in [-0.1, -0.05) is 89.2 Å². The normalized spacial score (nSPS) is 12.0. The van der Waals surface area contributed by atoms with Crippen molar-refractivity contribution in [1.29, 1.82) is 0 Å². The molecule has 0 fully saturated rings. The number of para-hydroxylation sites is 1. The van der Waals surface area contributed by atoms with Gasteiger partial charge < -0.3 is 9.40 Å². The van der Waals surface area contributed by atoms with Crippen LogP contribution >= 0.6 is 0 Å². The number of nitrogens with zero attached hydrogens (tertiary/aromatic N) is 2. The molecule has 0 unspecified atom stereocenters. The molecule has 0 N–H and O–H groups in total. The van der Waals surface area contributed by atoms with E-state index in [0.717, 1.165) is 55.6 Å². The van der Waals surface area contributed by atoms with E-state index in [9.17, 15) is 0 Å². The van der Waals surface area contributed by atoms with Gasteiger partial charge >= 0.3 is 129 Å². The summed E-state index contributed by atoms with van der Waals surface area (Å²) < 4.78 is 16.3. The number of hydrogen-bond acceptors (Lipinski definition) is 3. The zero-order chi connectivity index (χ0) is 37.7. The number of furan rings is 1. The van der Waals surface area contributed by atoms with Crippen molar-refractivity contribution in [2.45, 2.75) is 64.7 Å². The maximum absolute atomic E-state index is 8.43. The van der Waals surface area contributed by atoms with Crippen molar-refractivity contribution < 1.29 is 25.9 Å². The number of pyridine rings is 2. The van der Waals surface area contributed by atoms with Crippen LogP contribution in [0.2, 0.25) is 17.3 Å². The second-order valence-electron chi connectivity index (χ2n) is 15.2. The third kappa shape index (κ3) is 7.83. The number of aromatic nitrogens is 2. The second-order valence-corrected chi connectivity index (χ2v) is 25.8. The average Bonchev–Trinajstić information content (AvgIpc) is 3.50. The Morgan fingerprint density at radius 3 is 2.13 bits per heavy atom. The van der Waals surface area contributed by atoms with Crippen LogP contribution in [0.15, 0.2) is 114 Å². The molecule has 5 aromatic carbocycles. The predicted octanol–water partition coefficient (Wildman–Crippen LogP) is 12.7. The van der Waals surface area contributed by atoms with Crippen molar-refractivity contribution in [2.24, 2.45) is 0 Å². The van der Waals surface area contributed by atoms with Crippen molar-refractivity contribution in [1.82, 2.24) is 9.97 Å². The van der Waals surface area contributed by atoms with Crippen LogP contribution in [-0.2, 0) is 20.1 Å². The maximum Gasteiger partial charge on any atom is 0.120 e. The van der Waals surface area contributed by atoms with Gasteiger partial charge in [-0.15, -0.1) is 12.1 Å². The standard InChI is InChI=1S/C29H26NO.C19H20GeN.Ir/c1-17(2)21-12-13-30-25(16-21)22-10-11-24(27-19(4)14-18(3)15-20(27)5)28-23-8-6-7-9-26(23)31-29(22)28;1-14-11-19(21-13-18(14)20(2,3)4)17-10-9-15-7-5-6-8-16(15)12-17;/h6-9,11-17H,1-5H3;5-9,11-13H,1-4H3;/q2*-1;/i17D;;. The molecule has 8 aromatic rings. The van der Waals surface area contributed by atoms with E-state index >= 15 is 0 Å². The van der Waals surface area contributed by atoms with Crippen molar-refractivity contribution >= 4 is 50.4 Å². The van der Waals surface area contributed by atoms with Gasteiger partial charge in [0, 0.05) is 33.1 Å². The van der Waals surface area contributed by atoms with Gasteiger partial charge in [0.1, 0.15) is 5.58 Å². The van der Waals surface area contributed by atoms with E-state index in [4.69, 9.17) is 10.8 Å². The van der Waals surface area contributed by atoms with Crippen LogP contribution in [0.5, 0.6) is 0 Å². The molecule has 8 rings (SSSR count). The van der Waals surface area contributed by atoms with Gasteiger partial charge in [0.05, 0.1) is 5.58 Å². The van der Waals surface area contributed by atoms with Crippen molar-refractivity contribution in [3.63, 3.8) is 0 Å². The Balaban J connectivity index is 0.000000197. The molecule has 0 aliphatic heterocycles. The minimum Gasteiger partial charge on any atom is -0.501 e. The number of fused-ring (bicyclic) bond motifs is 4. The summed E-state index contributed by atoms with van der Waals surface area (Å²) in [4.78, 5) is 9.32. The summed E-state index contributed by atoms with van der Waals surface area (Å²) in [5, 5.41) is 4.63. The van der Waals surface area contributed by atoms with Gasteiger partial charge in [-0.25, -0.2) is 0 Å². The number of benzene rings is 5. The van der Waals surface area contributed by atoms with Gasteiger partial charge in [0.25, 0.3) is 0 Å². The Bertz CT molecular complexity index is 2630. The van der Waals surface area contributed by atoms with E-state index < -0.39 is 19.2 Å². The first-order chi connectivity index (χ1) is 25.2. The first-order valence-electron chi connectivity index (χ1n) is 18.5. The topological polar surface area (TPSA) is 38.9 Å². The van der Waals surface area contributed by atoms with Crippen LogP contribution in [0.3, 0.4) is 0 Å². The molecular formula is C48H46GeIrN2O-2. The molecule has 0 aliphatic rings. The van der Waals surface area contributed by atoms with Crippen molar-refractivity contribution in [3.05, 3.63) is 149 Å². The Kier molecular flexibility index (Phi) is 10.9. The van der Waals surface area contributed by atoms with Gasteiger partial charge in [0.2, 0.25) is 0 Å². The minimum atomic E-state index is -1.82.